The van der Waals surface area contributed by atoms with Crippen LogP contribution in [-0.2, 0) is 4.74 Å². The van der Waals surface area contributed by atoms with Crippen molar-refractivity contribution in [3.8, 4) is 11.3 Å². The number of rotatable bonds is 4. The molecular weight excluding hydrogens is 214 g/mol. The molecule has 1 heterocycles. The minimum absolute atomic E-state index is 0.273. The number of H-pyrrole nitrogens is 1. The molecule has 0 saturated carbocycles. The van der Waals surface area contributed by atoms with Crippen LogP contribution in [0.2, 0.25) is 0 Å². The summed E-state index contributed by atoms with van der Waals surface area (Å²) in [7, 11) is 0. The molecule has 1 aromatic heterocycles. The summed E-state index contributed by atoms with van der Waals surface area (Å²) >= 11 is 0. The van der Waals surface area contributed by atoms with Gasteiger partial charge in [0, 0.05) is 11.9 Å². The fourth-order valence-electron chi connectivity index (χ4n) is 1.57. The molecule has 0 aliphatic rings. The molecule has 2 rings (SSSR count). The van der Waals surface area contributed by atoms with Gasteiger partial charge in [0.25, 0.3) is 0 Å². The third-order valence-corrected chi connectivity index (χ3v) is 2.44. The van der Waals surface area contributed by atoms with Crippen molar-refractivity contribution in [2.24, 2.45) is 0 Å². The van der Waals surface area contributed by atoms with Crippen LogP contribution >= 0.6 is 0 Å². The third kappa shape index (κ3) is 2.75. The number of aromatic amines is 1. The maximum Gasteiger partial charge on any atom is 0.339 e. The second-order valence-electron chi connectivity index (χ2n) is 3.80. The molecule has 0 radical (unpaired) electrons. The van der Waals surface area contributed by atoms with Gasteiger partial charge in [0.15, 0.2) is 0 Å². The largest absolute Gasteiger partial charge is 0.462 e. The minimum atomic E-state index is -0.273. The van der Waals surface area contributed by atoms with Crippen LogP contribution in [0.5, 0.6) is 0 Å². The molecule has 0 amide bonds. The van der Waals surface area contributed by atoms with Crippen LogP contribution in [0.1, 0.15) is 23.7 Å². The van der Waals surface area contributed by atoms with Gasteiger partial charge >= 0.3 is 5.97 Å². The molecule has 0 aliphatic carbocycles. The highest BCUT2D eigenvalue weighted by Crippen LogP contribution is 2.18. The molecule has 1 aromatic carbocycles. The topological polar surface area (TPSA) is 42.1 Å². The summed E-state index contributed by atoms with van der Waals surface area (Å²) in [6.45, 7) is 2.44. The van der Waals surface area contributed by atoms with Gasteiger partial charge < -0.3 is 9.72 Å². The molecule has 0 fully saturated rings. The van der Waals surface area contributed by atoms with Crippen molar-refractivity contribution in [1.82, 2.24) is 4.98 Å². The molecule has 3 heteroatoms. The Bertz CT molecular complexity index is 488. The van der Waals surface area contributed by atoms with E-state index < -0.39 is 0 Å². The predicted molar refractivity (Wildman–Crippen MR) is 66.8 cm³/mol. The van der Waals surface area contributed by atoms with E-state index in [0.29, 0.717) is 12.2 Å². The van der Waals surface area contributed by atoms with Gasteiger partial charge in [-0.25, -0.2) is 4.79 Å². The summed E-state index contributed by atoms with van der Waals surface area (Å²) in [4.78, 5) is 14.7. The second kappa shape index (κ2) is 5.34. The summed E-state index contributed by atoms with van der Waals surface area (Å²) < 4.78 is 5.07. The smallest absolute Gasteiger partial charge is 0.339 e. The van der Waals surface area contributed by atoms with Crippen molar-refractivity contribution in [3.05, 3.63) is 48.2 Å². The number of nitrogens with one attached hydrogen (secondary N) is 1. The van der Waals surface area contributed by atoms with Crippen molar-refractivity contribution in [1.29, 1.82) is 0 Å². The monoisotopic (exact) mass is 229 g/mol. The van der Waals surface area contributed by atoms with E-state index in [1.165, 1.54) is 0 Å². The number of ether oxygens (including phenoxy) is 1. The molecule has 0 aliphatic heterocycles. The molecule has 88 valence electrons. The fourth-order valence-corrected chi connectivity index (χ4v) is 1.57. The number of benzene rings is 1. The molecule has 1 N–H and O–H groups in total. The standard InChI is InChI=1S/C14H15NO2/c1-2-8-17-14(16)12-9-13(15-10-12)11-6-4-3-5-7-11/h3-7,9-10,15H,2,8H2,1H3. The van der Waals surface area contributed by atoms with Gasteiger partial charge in [-0.1, -0.05) is 37.3 Å². The van der Waals surface area contributed by atoms with Crippen LogP contribution in [-0.4, -0.2) is 17.6 Å². The van der Waals surface area contributed by atoms with Gasteiger partial charge in [0.05, 0.1) is 12.2 Å². The van der Waals surface area contributed by atoms with E-state index in [1.54, 1.807) is 6.20 Å². The lowest BCUT2D eigenvalue weighted by Crippen LogP contribution is -2.04. The Labute approximate surface area is 100 Å². The van der Waals surface area contributed by atoms with Gasteiger partial charge in [-0.15, -0.1) is 0 Å². The molecule has 0 unspecified atom stereocenters. The summed E-state index contributed by atoms with van der Waals surface area (Å²) in [5.41, 5.74) is 2.55. The number of hydrogen-bond donors (Lipinski definition) is 1. The lowest BCUT2D eigenvalue weighted by molar-refractivity contribution is 0.0505. The Morgan fingerprint density at radius 1 is 1.29 bits per heavy atom. The van der Waals surface area contributed by atoms with Crippen LogP contribution in [0, 0.1) is 0 Å². The molecule has 17 heavy (non-hydrogen) atoms. The molecule has 0 bridgehead atoms. The quantitative estimate of drug-likeness (QED) is 0.818. The van der Waals surface area contributed by atoms with E-state index in [0.717, 1.165) is 17.7 Å². The Kier molecular flexibility index (Phi) is 3.60. The number of carbonyl (C=O) groups excluding carboxylic acids is 1. The first-order valence-electron chi connectivity index (χ1n) is 5.72. The first kappa shape index (κ1) is 11.5. The lowest BCUT2D eigenvalue weighted by atomic mass is 10.1. The highest BCUT2D eigenvalue weighted by Gasteiger charge is 2.09. The van der Waals surface area contributed by atoms with Crippen molar-refractivity contribution in [2.75, 3.05) is 6.61 Å². The third-order valence-electron chi connectivity index (χ3n) is 2.44. The van der Waals surface area contributed by atoms with Crippen LogP contribution < -0.4 is 0 Å². The highest BCUT2D eigenvalue weighted by atomic mass is 16.5. The Balaban J connectivity index is 2.14. The molecule has 3 nitrogen and oxygen atoms in total. The summed E-state index contributed by atoms with van der Waals surface area (Å²) in [6, 6.07) is 11.7. The zero-order valence-electron chi connectivity index (χ0n) is 9.77. The summed E-state index contributed by atoms with van der Waals surface area (Å²) in [5.74, 6) is -0.273. The summed E-state index contributed by atoms with van der Waals surface area (Å²) in [5, 5.41) is 0. The zero-order chi connectivity index (χ0) is 12.1. The van der Waals surface area contributed by atoms with Gasteiger partial charge in [-0.05, 0) is 18.1 Å². The lowest BCUT2D eigenvalue weighted by Gasteiger charge is -1.99. The minimum Gasteiger partial charge on any atom is -0.462 e. The van der Waals surface area contributed by atoms with E-state index >= 15 is 0 Å². The van der Waals surface area contributed by atoms with Gasteiger partial charge in [-0.2, -0.15) is 0 Å². The van der Waals surface area contributed by atoms with E-state index in [9.17, 15) is 4.79 Å². The molecule has 0 atom stereocenters. The van der Waals surface area contributed by atoms with E-state index in [2.05, 4.69) is 4.98 Å². The van der Waals surface area contributed by atoms with Crippen LogP contribution in [0.25, 0.3) is 11.3 Å². The zero-order valence-corrected chi connectivity index (χ0v) is 9.77. The number of aromatic nitrogens is 1. The predicted octanol–water partition coefficient (Wildman–Crippen LogP) is 3.25. The number of carbonyl (C=O) groups is 1. The van der Waals surface area contributed by atoms with E-state index in [1.807, 2.05) is 43.3 Å². The second-order valence-corrected chi connectivity index (χ2v) is 3.80. The van der Waals surface area contributed by atoms with E-state index in [4.69, 9.17) is 4.74 Å². The Morgan fingerprint density at radius 2 is 2.06 bits per heavy atom. The van der Waals surface area contributed by atoms with Gasteiger partial charge in [0.2, 0.25) is 0 Å². The van der Waals surface area contributed by atoms with Crippen molar-refractivity contribution in [2.45, 2.75) is 13.3 Å². The molecule has 0 saturated heterocycles. The average molecular weight is 229 g/mol. The van der Waals surface area contributed by atoms with Crippen molar-refractivity contribution >= 4 is 5.97 Å². The molecule has 0 spiro atoms. The van der Waals surface area contributed by atoms with Crippen LogP contribution in [0.3, 0.4) is 0 Å². The maximum atomic E-state index is 11.6. The maximum absolute atomic E-state index is 11.6. The van der Waals surface area contributed by atoms with Crippen LogP contribution in [0.15, 0.2) is 42.6 Å². The molecule has 2 aromatic rings. The normalized spacial score (nSPS) is 10.2. The number of hydrogen-bond acceptors (Lipinski definition) is 2. The van der Waals surface area contributed by atoms with E-state index in [-0.39, 0.29) is 5.97 Å². The SMILES string of the molecule is CCCOC(=O)c1c[nH]c(-c2ccccc2)c1. The number of esters is 1. The highest BCUT2D eigenvalue weighted by molar-refractivity contribution is 5.90. The van der Waals surface area contributed by atoms with Gasteiger partial charge in [-0.3, -0.25) is 0 Å². The first-order chi connectivity index (χ1) is 8.31. The summed E-state index contributed by atoms with van der Waals surface area (Å²) in [6.07, 6.45) is 2.52. The van der Waals surface area contributed by atoms with Crippen LogP contribution in [0.4, 0.5) is 0 Å². The first-order valence-corrected chi connectivity index (χ1v) is 5.72. The van der Waals surface area contributed by atoms with Gasteiger partial charge in [0.1, 0.15) is 0 Å². The van der Waals surface area contributed by atoms with Crippen molar-refractivity contribution in [3.63, 3.8) is 0 Å². The Hall–Kier alpha value is -2.03. The van der Waals surface area contributed by atoms with Crippen molar-refractivity contribution < 1.29 is 9.53 Å². The average Bonchev–Trinajstić information content (AvgIpc) is 2.86. The fraction of sp³-hybridized carbons (Fsp3) is 0.214. The Morgan fingerprint density at radius 3 is 2.76 bits per heavy atom. The molecular formula is C14H15NO2.